The van der Waals surface area contributed by atoms with E-state index >= 15 is 0 Å². The number of hydrogen-bond acceptors (Lipinski definition) is 3. The molecule has 1 aromatic rings. The molecule has 1 aliphatic rings. The molecule has 0 aliphatic heterocycles. The molecule has 0 saturated heterocycles. The molecule has 0 aromatic heterocycles. The van der Waals surface area contributed by atoms with Crippen LogP contribution in [0.1, 0.15) is 12.8 Å². The zero-order valence-electron chi connectivity index (χ0n) is 10.9. The first-order chi connectivity index (χ1) is 9.83. The number of alkyl halides is 3. The van der Waals surface area contributed by atoms with Gasteiger partial charge in [-0.3, -0.25) is 4.79 Å². The molecule has 1 aliphatic carbocycles. The number of carbonyl (C=O) groups is 1. The van der Waals surface area contributed by atoms with Gasteiger partial charge in [0, 0.05) is 6.54 Å². The zero-order chi connectivity index (χ0) is 15.5. The Labute approximate surface area is 127 Å². The van der Waals surface area contributed by atoms with Gasteiger partial charge in [-0.25, -0.2) is 0 Å². The van der Waals surface area contributed by atoms with Gasteiger partial charge in [-0.1, -0.05) is 0 Å². The van der Waals surface area contributed by atoms with Crippen LogP contribution in [0, 0.1) is 5.92 Å². The van der Waals surface area contributed by atoms with E-state index in [1.165, 1.54) is 12.1 Å². The van der Waals surface area contributed by atoms with Crippen molar-refractivity contribution in [1.82, 2.24) is 5.32 Å². The smallest absolute Gasteiger partial charge is 0.484 e. The number of nitrogens with one attached hydrogen (secondary N) is 1. The number of benzene rings is 1. The lowest BCUT2D eigenvalue weighted by Gasteiger charge is -2.12. The summed E-state index contributed by atoms with van der Waals surface area (Å²) in [6.45, 7) is 0.461. The van der Waals surface area contributed by atoms with Crippen LogP contribution in [0.25, 0.3) is 0 Å². The fourth-order valence-electron chi connectivity index (χ4n) is 1.56. The highest BCUT2D eigenvalue weighted by atomic mass is 79.9. The van der Waals surface area contributed by atoms with Crippen molar-refractivity contribution >= 4 is 21.8 Å². The van der Waals surface area contributed by atoms with Crippen LogP contribution in [0.4, 0.5) is 13.2 Å². The van der Waals surface area contributed by atoms with E-state index in [9.17, 15) is 18.0 Å². The van der Waals surface area contributed by atoms with E-state index < -0.39 is 6.36 Å². The highest BCUT2D eigenvalue weighted by Gasteiger charge is 2.32. The summed E-state index contributed by atoms with van der Waals surface area (Å²) in [5.74, 6) is 0.224. The number of ether oxygens (including phenoxy) is 2. The summed E-state index contributed by atoms with van der Waals surface area (Å²) in [6, 6.07) is 3.74. The average molecular weight is 368 g/mol. The van der Waals surface area contributed by atoms with Crippen LogP contribution in [-0.4, -0.2) is 25.4 Å². The van der Waals surface area contributed by atoms with Crippen molar-refractivity contribution in [3.63, 3.8) is 0 Å². The lowest BCUT2D eigenvalue weighted by Crippen LogP contribution is -2.30. The minimum absolute atomic E-state index is 0.0933. The fourth-order valence-corrected chi connectivity index (χ4v) is 2.00. The maximum absolute atomic E-state index is 12.1. The lowest BCUT2D eigenvalue weighted by atomic mass is 10.3. The van der Waals surface area contributed by atoms with Crippen molar-refractivity contribution in [2.24, 2.45) is 5.92 Å². The molecule has 0 heterocycles. The van der Waals surface area contributed by atoms with Crippen molar-refractivity contribution < 1.29 is 27.4 Å². The first kappa shape index (κ1) is 15.9. The van der Waals surface area contributed by atoms with Crippen molar-refractivity contribution in [1.29, 1.82) is 0 Å². The highest BCUT2D eigenvalue weighted by Crippen LogP contribution is 2.33. The second-order valence-corrected chi connectivity index (χ2v) is 5.53. The Balaban J connectivity index is 1.83. The van der Waals surface area contributed by atoms with E-state index in [-0.39, 0.29) is 28.5 Å². The molecule has 0 unspecified atom stereocenters. The van der Waals surface area contributed by atoms with E-state index in [2.05, 4.69) is 26.0 Å². The van der Waals surface area contributed by atoms with Gasteiger partial charge in [-0.2, -0.15) is 0 Å². The largest absolute Gasteiger partial charge is 0.573 e. The molecule has 1 saturated carbocycles. The normalized spacial score (nSPS) is 14.7. The number of carbonyl (C=O) groups excluding carboxylic acids is 1. The molecule has 0 bridgehead atoms. The first-order valence-electron chi connectivity index (χ1n) is 6.28. The van der Waals surface area contributed by atoms with Crippen LogP contribution in [0.15, 0.2) is 22.7 Å². The number of rotatable bonds is 6. The van der Waals surface area contributed by atoms with E-state index in [0.29, 0.717) is 12.5 Å². The molecule has 1 N–H and O–H groups in total. The molecule has 0 atom stereocenters. The molecular weight excluding hydrogens is 355 g/mol. The first-order valence-corrected chi connectivity index (χ1v) is 7.07. The van der Waals surface area contributed by atoms with Crippen molar-refractivity contribution in [2.75, 3.05) is 13.2 Å². The summed E-state index contributed by atoms with van der Waals surface area (Å²) in [7, 11) is 0. The third kappa shape index (κ3) is 5.82. The zero-order valence-corrected chi connectivity index (χ0v) is 12.5. The molecule has 1 amide bonds. The van der Waals surface area contributed by atoms with Crippen LogP contribution in [0.2, 0.25) is 0 Å². The monoisotopic (exact) mass is 367 g/mol. The number of hydrogen-bond donors (Lipinski definition) is 1. The topological polar surface area (TPSA) is 47.6 Å². The third-order valence-corrected chi connectivity index (χ3v) is 3.40. The molecule has 4 nitrogen and oxygen atoms in total. The summed E-state index contributed by atoms with van der Waals surface area (Å²) in [4.78, 5) is 11.5. The Morgan fingerprint density at radius 3 is 2.67 bits per heavy atom. The fraction of sp³-hybridized carbons (Fsp3) is 0.462. The second kappa shape index (κ2) is 6.55. The molecule has 116 valence electrons. The summed E-state index contributed by atoms with van der Waals surface area (Å²) in [6.07, 6.45) is -2.49. The molecule has 0 radical (unpaired) electrons. The standard InChI is InChI=1S/C13H13BrF3NO3/c14-10-5-9(3-4-11(10)21-13(15,16)17)20-7-12(19)18-6-8-1-2-8/h3-5,8H,1-2,6-7H2,(H,18,19). The molecule has 21 heavy (non-hydrogen) atoms. The molecule has 8 heteroatoms. The predicted octanol–water partition coefficient (Wildman–Crippen LogP) is 3.25. The van der Waals surface area contributed by atoms with Crippen LogP contribution in [0.3, 0.4) is 0 Å². The summed E-state index contributed by atoms with van der Waals surface area (Å²) in [5.41, 5.74) is 0. The summed E-state index contributed by atoms with van der Waals surface area (Å²) < 4.78 is 45.4. The van der Waals surface area contributed by atoms with Gasteiger partial charge in [0.15, 0.2) is 6.61 Å². The van der Waals surface area contributed by atoms with Gasteiger partial charge in [0.25, 0.3) is 5.91 Å². The third-order valence-electron chi connectivity index (χ3n) is 2.78. The van der Waals surface area contributed by atoms with E-state index in [1.807, 2.05) is 0 Å². The Morgan fingerprint density at radius 2 is 2.10 bits per heavy atom. The Hall–Kier alpha value is -1.44. The van der Waals surface area contributed by atoms with Crippen LogP contribution >= 0.6 is 15.9 Å². The molecule has 2 rings (SSSR count). The van der Waals surface area contributed by atoms with Gasteiger partial charge in [-0.05, 0) is 52.9 Å². The predicted molar refractivity (Wildman–Crippen MR) is 72.1 cm³/mol. The molecule has 0 spiro atoms. The van der Waals surface area contributed by atoms with Crippen molar-refractivity contribution in [2.45, 2.75) is 19.2 Å². The summed E-state index contributed by atoms with van der Waals surface area (Å²) >= 11 is 2.96. The maximum atomic E-state index is 12.1. The highest BCUT2D eigenvalue weighted by molar-refractivity contribution is 9.10. The number of halogens is 4. The van der Waals surface area contributed by atoms with Crippen molar-refractivity contribution in [3.8, 4) is 11.5 Å². The quantitative estimate of drug-likeness (QED) is 0.839. The van der Waals surface area contributed by atoms with Crippen LogP contribution in [-0.2, 0) is 4.79 Å². The second-order valence-electron chi connectivity index (χ2n) is 4.68. The molecule has 1 fully saturated rings. The minimum atomic E-state index is -4.76. The minimum Gasteiger partial charge on any atom is -0.484 e. The van der Waals surface area contributed by atoms with Gasteiger partial charge in [0.05, 0.1) is 4.47 Å². The van der Waals surface area contributed by atoms with Gasteiger partial charge >= 0.3 is 6.36 Å². The van der Waals surface area contributed by atoms with Gasteiger partial charge < -0.3 is 14.8 Å². The summed E-state index contributed by atoms with van der Waals surface area (Å²) in [5, 5.41) is 2.72. The Kier molecular flexibility index (Phi) is 4.97. The Bertz CT molecular complexity index is 518. The maximum Gasteiger partial charge on any atom is 0.573 e. The average Bonchev–Trinajstić information content (AvgIpc) is 3.19. The number of amides is 1. The lowest BCUT2D eigenvalue weighted by molar-refractivity contribution is -0.274. The van der Waals surface area contributed by atoms with E-state index in [1.54, 1.807) is 0 Å². The van der Waals surface area contributed by atoms with E-state index in [0.717, 1.165) is 18.9 Å². The van der Waals surface area contributed by atoms with Crippen molar-refractivity contribution in [3.05, 3.63) is 22.7 Å². The molecule has 1 aromatic carbocycles. The Morgan fingerprint density at radius 1 is 1.38 bits per heavy atom. The van der Waals surface area contributed by atoms with Gasteiger partial charge in [-0.15, -0.1) is 13.2 Å². The van der Waals surface area contributed by atoms with Gasteiger partial charge in [0.1, 0.15) is 11.5 Å². The van der Waals surface area contributed by atoms with Crippen LogP contribution in [0.5, 0.6) is 11.5 Å². The SMILES string of the molecule is O=C(COc1ccc(OC(F)(F)F)c(Br)c1)NCC1CC1. The van der Waals surface area contributed by atoms with Gasteiger partial charge in [0.2, 0.25) is 0 Å². The molecular formula is C13H13BrF3NO3. The van der Waals surface area contributed by atoms with E-state index in [4.69, 9.17) is 4.74 Å². The van der Waals surface area contributed by atoms with Crippen LogP contribution < -0.4 is 14.8 Å².